The minimum Gasteiger partial charge on any atom is -0.469 e. The number of carbonyl (C=O) groups excluding carboxylic acids is 1. The van der Waals surface area contributed by atoms with Crippen molar-refractivity contribution in [2.24, 2.45) is 0 Å². The third kappa shape index (κ3) is 4.59. The van der Waals surface area contributed by atoms with Crippen molar-refractivity contribution >= 4 is 16.9 Å². The average Bonchev–Trinajstić information content (AvgIpc) is 3.40. The van der Waals surface area contributed by atoms with Crippen LogP contribution >= 0.6 is 0 Å². The van der Waals surface area contributed by atoms with Crippen LogP contribution in [0, 0.1) is 20.8 Å². The van der Waals surface area contributed by atoms with E-state index in [1.165, 1.54) is 0 Å². The van der Waals surface area contributed by atoms with Gasteiger partial charge in [-0.05, 0) is 75.9 Å². The third-order valence-corrected chi connectivity index (χ3v) is 5.99. The molecule has 0 bridgehead atoms. The number of aryl methyl sites for hydroxylation is 4. The Labute approximate surface area is 188 Å². The lowest BCUT2D eigenvalue weighted by atomic mass is 9.99. The second-order valence-corrected chi connectivity index (χ2v) is 8.42. The fourth-order valence-corrected chi connectivity index (χ4v) is 4.29. The van der Waals surface area contributed by atoms with E-state index in [2.05, 4.69) is 12.2 Å². The summed E-state index contributed by atoms with van der Waals surface area (Å²) in [5.74, 6) is 1.01. The molecular weight excluding hydrogens is 400 g/mol. The summed E-state index contributed by atoms with van der Waals surface area (Å²) in [6.45, 7) is 8.18. The van der Waals surface area contributed by atoms with Crippen molar-refractivity contribution in [3.63, 3.8) is 0 Å². The first-order valence-electron chi connectivity index (χ1n) is 11.2. The van der Waals surface area contributed by atoms with Gasteiger partial charge in [-0.1, -0.05) is 18.2 Å². The maximum Gasteiger partial charge on any atom is 0.220 e. The van der Waals surface area contributed by atoms with Crippen LogP contribution in [-0.4, -0.2) is 26.7 Å². The second kappa shape index (κ2) is 9.39. The van der Waals surface area contributed by atoms with Crippen molar-refractivity contribution in [1.29, 1.82) is 0 Å². The van der Waals surface area contributed by atoms with Crippen LogP contribution in [0.1, 0.15) is 48.0 Å². The van der Waals surface area contributed by atoms with Crippen molar-refractivity contribution in [2.45, 2.75) is 59.4 Å². The zero-order valence-electron chi connectivity index (χ0n) is 19.2. The van der Waals surface area contributed by atoms with Crippen molar-refractivity contribution in [2.75, 3.05) is 0 Å². The van der Waals surface area contributed by atoms with Crippen LogP contribution in [0.25, 0.3) is 16.7 Å². The van der Waals surface area contributed by atoms with Crippen molar-refractivity contribution in [3.8, 4) is 5.69 Å². The second-order valence-electron chi connectivity index (χ2n) is 8.42. The molecule has 32 heavy (non-hydrogen) atoms. The number of amides is 1. The van der Waals surface area contributed by atoms with Gasteiger partial charge in [0.25, 0.3) is 0 Å². The number of aromatic nitrogens is 3. The molecule has 1 amide bonds. The lowest BCUT2D eigenvalue weighted by molar-refractivity contribution is -0.121. The number of nitrogens with one attached hydrogen (secondary N) is 1. The van der Waals surface area contributed by atoms with E-state index in [4.69, 9.17) is 14.5 Å². The molecule has 1 N–H and O–H groups in total. The Morgan fingerprint density at radius 1 is 1.06 bits per heavy atom. The maximum absolute atomic E-state index is 12.6. The van der Waals surface area contributed by atoms with E-state index < -0.39 is 0 Å². The van der Waals surface area contributed by atoms with E-state index in [1.807, 2.05) is 67.9 Å². The first kappa shape index (κ1) is 21.8. The molecule has 4 rings (SSSR count). The summed E-state index contributed by atoms with van der Waals surface area (Å²) in [4.78, 5) is 17.4. The van der Waals surface area contributed by atoms with Crippen LogP contribution in [-0.2, 0) is 17.6 Å². The van der Waals surface area contributed by atoms with Gasteiger partial charge in [0.2, 0.25) is 5.91 Å². The lowest BCUT2D eigenvalue weighted by Gasteiger charge is -2.15. The van der Waals surface area contributed by atoms with Gasteiger partial charge in [-0.15, -0.1) is 0 Å². The van der Waals surface area contributed by atoms with Crippen LogP contribution in [0.5, 0.6) is 0 Å². The molecule has 0 radical (unpaired) electrons. The maximum atomic E-state index is 12.6. The molecule has 0 aliphatic rings. The van der Waals surface area contributed by atoms with Crippen LogP contribution in [0.15, 0.2) is 53.1 Å². The SMILES string of the molecule is Cc1nc2c(c(C)nn2-c2ccccc2)c(C)c1CCC(=O)NC(C)CCc1ccco1. The third-order valence-electron chi connectivity index (χ3n) is 5.99. The molecule has 6 heteroatoms. The molecule has 1 aromatic carbocycles. The Morgan fingerprint density at radius 2 is 1.84 bits per heavy atom. The fraction of sp³-hybridized carbons (Fsp3) is 0.346. The number of hydrogen-bond donors (Lipinski definition) is 1. The number of pyridine rings is 1. The van der Waals surface area contributed by atoms with Gasteiger partial charge in [0.1, 0.15) is 5.76 Å². The molecule has 3 aromatic heterocycles. The quantitative estimate of drug-likeness (QED) is 0.426. The van der Waals surface area contributed by atoms with Gasteiger partial charge in [0, 0.05) is 30.0 Å². The van der Waals surface area contributed by atoms with E-state index in [1.54, 1.807) is 6.26 Å². The predicted molar refractivity (Wildman–Crippen MR) is 126 cm³/mol. The fourth-order valence-electron chi connectivity index (χ4n) is 4.29. The molecule has 166 valence electrons. The van der Waals surface area contributed by atoms with Gasteiger partial charge >= 0.3 is 0 Å². The zero-order valence-corrected chi connectivity index (χ0v) is 19.2. The van der Waals surface area contributed by atoms with E-state index >= 15 is 0 Å². The standard InChI is InChI=1S/C26H30N4O2/c1-17(12-13-22-11-8-16-32-22)27-24(31)15-14-23-18(2)25-20(4)29-30(26(25)28-19(23)3)21-9-6-5-7-10-21/h5-11,16-17H,12-15H2,1-4H3,(H,27,31). The highest BCUT2D eigenvalue weighted by Gasteiger charge is 2.18. The Bertz CT molecular complexity index is 1210. The van der Waals surface area contributed by atoms with Crippen LogP contribution in [0.3, 0.4) is 0 Å². The highest BCUT2D eigenvalue weighted by Crippen LogP contribution is 2.28. The Balaban J connectivity index is 1.46. The van der Waals surface area contributed by atoms with Crippen molar-refractivity contribution in [3.05, 3.63) is 77.0 Å². The number of hydrogen-bond acceptors (Lipinski definition) is 4. The molecule has 0 aliphatic carbocycles. The summed E-state index contributed by atoms with van der Waals surface area (Å²) in [6, 6.07) is 14.0. The normalized spacial score (nSPS) is 12.2. The smallest absolute Gasteiger partial charge is 0.220 e. The minimum atomic E-state index is 0.0625. The van der Waals surface area contributed by atoms with Gasteiger partial charge in [-0.25, -0.2) is 9.67 Å². The van der Waals surface area contributed by atoms with E-state index in [-0.39, 0.29) is 11.9 Å². The molecule has 1 atom stereocenters. The number of carbonyl (C=O) groups is 1. The number of nitrogens with zero attached hydrogens (tertiary/aromatic N) is 3. The Morgan fingerprint density at radius 3 is 2.56 bits per heavy atom. The van der Waals surface area contributed by atoms with Crippen molar-refractivity contribution < 1.29 is 9.21 Å². The van der Waals surface area contributed by atoms with Crippen LogP contribution in [0.4, 0.5) is 0 Å². The van der Waals surface area contributed by atoms with Gasteiger partial charge in [0.05, 0.1) is 17.6 Å². The number of rotatable bonds is 8. The van der Waals surface area contributed by atoms with E-state index in [0.29, 0.717) is 12.8 Å². The zero-order chi connectivity index (χ0) is 22.7. The topological polar surface area (TPSA) is 73.0 Å². The van der Waals surface area contributed by atoms with E-state index in [9.17, 15) is 4.79 Å². The molecule has 3 heterocycles. The lowest BCUT2D eigenvalue weighted by Crippen LogP contribution is -2.33. The molecular formula is C26H30N4O2. The molecule has 6 nitrogen and oxygen atoms in total. The molecule has 0 spiro atoms. The summed E-state index contributed by atoms with van der Waals surface area (Å²) < 4.78 is 7.27. The number of benzene rings is 1. The van der Waals surface area contributed by atoms with Crippen molar-refractivity contribution in [1.82, 2.24) is 20.1 Å². The highest BCUT2D eigenvalue weighted by atomic mass is 16.3. The number of para-hydroxylation sites is 1. The summed E-state index contributed by atoms with van der Waals surface area (Å²) in [5.41, 5.74) is 6.05. The summed E-state index contributed by atoms with van der Waals surface area (Å²) in [6.07, 6.45) is 4.44. The van der Waals surface area contributed by atoms with Gasteiger partial charge in [-0.2, -0.15) is 5.10 Å². The molecule has 0 fully saturated rings. The summed E-state index contributed by atoms with van der Waals surface area (Å²) >= 11 is 0. The minimum absolute atomic E-state index is 0.0625. The monoisotopic (exact) mass is 430 g/mol. The van der Waals surface area contributed by atoms with Crippen LogP contribution in [0.2, 0.25) is 0 Å². The molecule has 0 saturated heterocycles. The number of fused-ring (bicyclic) bond motifs is 1. The molecule has 1 unspecified atom stereocenters. The van der Waals surface area contributed by atoms with Gasteiger partial charge in [0.15, 0.2) is 5.65 Å². The van der Waals surface area contributed by atoms with Gasteiger partial charge < -0.3 is 9.73 Å². The largest absolute Gasteiger partial charge is 0.469 e. The summed E-state index contributed by atoms with van der Waals surface area (Å²) in [7, 11) is 0. The molecule has 0 aliphatic heterocycles. The van der Waals surface area contributed by atoms with Gasteiger partial charge in [-0.3, -0.25) is 4.79 Å². The number of furan rings is 1. The Hall–Kier alpha value is -3.41. The molecule has 0 saturated carbocycles. The van der Waals surface area contributed by atoms with Crippen LogP contribution < -0.4 is 5.32 Å². The summed E-state index contributed by atoms with van der Waals surface area (Å²) in [5, 5.41) is 8.93. The molecule has 4 aromatic rings. The average molecular weight is 431 g/mol. The highest BCUT2D eigenvalue weighted by molar-refractivity contribution is 5.85. The first-order chi connectivity index (χ1) is 15.4. The predicted octanol–water partition coefficient (Wildman–Crippen LogP) is 5.01. The first-order valence-corrected chi connectivity index (χ1v) is 11.2. The van der Waals surface area contributed by atoms with E-state index in [0.717, 1.165) is 57.8 Å². The Kier molecular flexibility index (Phi) is 6.40.